The van der Waals surface area contributed by atoms with Crippen LogP contribution < -0.4 is 4.90 Å². The van der Waals surface area contributed by atoms with Crippen molar-refractivity contribution in [2.75, 3.05) is 4.90 Å². The van der Waals surface area contributed by atoms with Crippen molar-refractivity contribution in [2.24, 2.45) is 0 Å². The van der Waals surface area contributed by atoms with Gasteiger partial charge in [-0.3, -0.25) is 4.79 Å². The van der Waals surface area contributed by atoms with E-state index in [1.165, 1.54) is 34.6 Å². The van der Waals surface area contributed by atoms with Gasteiger partial charge in [0.2, 0.25) is 0 Å². The van der Waals surface area contributed by atoms with E-state index in [0.717, 1.165) is 18.2 Å². The fourth-order valence-electron chi connectivity index (χ4n) is 1.96. The van der Waals surface area contributed by atoms with Gasteiger partial charge in [0.05, 0.1) is 23.1 Å². The number of aliphatic hydroxyl groups excluding tert-OH is 1. The molecule has 2 rings (SSSR count). The van der Waals surface area contributed by atoms with Crippen molar-refractivity contribution in [3.05, 3.63) is 58.6 Å². The molecule has 1 N–H and O–H groups in total. The van der Waals surface area contributed by atoms with Gasteiger partial charge in [0, 0.05) is 11.9 Å². The van der Waals surface area contributed by atoms with Crippen LogP contribution in [0.2, 0.25) is 0 Å². The quantitative estimate of drug-likeness (QED) is 0.826. The molecule has 0 saturated carbocycles. The summed E-state index contributed by atoms with van der Waals surface area (Å²) in [5.74, 6) is -0.455. The van der Waals surface area contributed by atoms with E-state index in [4.69, 9.17) is 0 Å². The largest absolute Gasteiger partial charge is 0.416 e. The highest BCUT2D eigenvalue weighted by molar-refractivity contribution is 7.11. The topological polar surface area (TPSA) is 53.4 Å². The average Bonchev–Trinajstić information content (AvgIpc) is 3.00. The number of amides is 1. The number of anilines is 1. The molecule has 0 aliphatic rings. The molecule has 1 unspecified atom stereocenters. The number of rotatable bonds is 5. The zero-order chi connectivity index (χ0) is 17.9. The molecule has 24 heavy (non-hydrogen) atoms. The van der Waals surface area contributed by atoms with Crippen molar-refractivity contribution in [3.63, 3.8) is 0 Å². The second kappa shape index (κ2) is 7.14. The minimum atomic E-state index is -4.44. The van der Waals surface area contributed by atoms with Crippen molar-refractivity contribution < 1.29 is 23.1 Å². The maximum Gasteiger partial charge on any atom is 0.416 e. The van der Waals surface area contributed by atoms with Crippen LogP contribution in [0.25, 0.3) is 0 Å². The molecule has 8 heteroatoms. The van der Waals surface area contributed by atoms with E-state index in [1.807, 2.05) is 0 Å². The zero-order valence-corrected chi connectivity index (χ0v) is 13.6. The van der Waals surface area contributed by atoms with Gasteiger partial charge in [0.15, 0.2) is 0 Å². The molecular weight excluding hydrogens is 341 g/mol. The summed E-state index contributed by atoms with van der Waals surface area (Å²) in [5.41, 5.74) is -0.482. The molecule has 1 heterocycles. The lowest BCUT2D eigenvalue weighted by atomic mass is 10.2. The summed E-state index contributed by atoms with van der Waals surface area (Å²) in [4.78, 5) is 18.1. The molecule has 2 aromatic rings. The zero-order valence-electron chi connectivity index (χ0n) is 12.7. The summed E-state index contributed by atoms with van der Waals surface area (Å²) in [6, 6.07) is 4.30. The maximum absolute atomic E-state index is 12.6. The van der Waals surface area contributed by atoms with Gasteiger partial charge in [-0.25, -0.2) is 4.98 Å². The minimum absolute atomic E-state index is 0.0770. The Kier molecular flexibility index (Phi) is 5.40. The molecule has 0 spiro atoms. The molecule has 0 radical (unpaired) electrons. The van der Waals surface area contributed by atoms with E-state index < -0.39 is 23.8 Å². The molecule has 0 bridgehead atoms. The van der Waals surface area contributed by atoms with Gasteiger partial charge in [-0.2, -0.15) is 13.2 Å². The number of hydrogen-bond donors (Lipinski definition) is 1. The second-order valence-corrected chi connectivity index (χ2v) is 6.15. The highest BCUT2D eigenvalue weighted by Gasteiger charge is 2.30. The van der Waals surface area contributed by atoms with Crippen LogP contribution >= 0.6 is 11.3 Å². The summed E-state index contributed by atoms with van der Waals surface area (Å²) in [6.45, 7) is 5.08. The second-order valence-electron chi connectivity index (χ2n) is 5.01. The number of aliphatic hydroxyl groups is 1. The van der Waals surface area contributed by atoms with Crippen LogP contribution in [0.1, 0.15) is 28.5 Å². The number of alkyl halides is 3. The van der Waals surface area contributed by atoms with E-state index >= 15 is 0 Å². The SMILES string of the molecule is C=CC(=O)N(Cc1ncc(C(C)O)s1)c1ccc(C(F)(F)F)cc1. The average molecular weight is 356 g/mol. The first kappa shape index (κ1) is 18.2. The van der Waals surface area contributed by atoms with E-state index in [-0.39, 0.29) is 6.54 Å². The molecule has 1 atom stereocenters. The Balaban J connectivity index is 2.28. The number of carbonyl (C=O) groups is 1. The van der Waals surface area contributed by atoms with Crippen LogP contribution in [0.4, 0.5) is 18.9 Å². The van der Waals surface area contributed by atoms with Gasteiger partial charge in [0.1, 0.15) is 5.01 Å². The third kappa shape index (κ3) is 4.21. The predicted molar refractivity (Wildman–Crippen MR) is 85.6 cm³/mol. The smallest absolute Gasteiger partial charge is 0.388 e. The molecule has 0 fully saturated rings. The Morgan fingerprint density at radius 3 is 2.50 bits per heavy atom. The molecule has 0 aliphatic carbocycles. The molecule has 128 valence electrons. The van der Waals surface area contributed by atoms with Gasteiger partial charge in [-0.05, 0) is 37.3 Å². The van der Waals surface area contributed by atoms with Crippen LogP contribution in [0.15, 0.2) is 43.1 Å². The standard InChI is InChI=1S/C16H15F3N2O2S/c1-3-15(23)21(9-14-20-8-13(24-14)10(2)22)12-6-4-11(5-7-12)16(17,18)19/h3-8,10,22H,1,9H2,2H3. The predicted octanol–water partition coefficient (Wildman–Crippen LogP) is 3.93. The number of carbonyl (C=O) groups excluding carboxylic acids is 1. The van der Waals surface area contributed by atoms with Crippen LogP contribution in [0, 0.1) is 0 Å². The lowest BCUT2D eigenvalue weighted by molar-refractivity contribution is -0.137. The van der Waals surface area contributed by atoms with E-state index in [9.17, 15) is 23.1 Å². The van der Waals surface area contributed by atoms with E-state index in [1.54, 1.807) is 6.92 Å². The normalized spacial score (nSPS) is 12.7. The van der Waals surface area contributed by atoms with Gasteiger partial charge in [0.25, 0.3) is 5.91 Å². The molecule has 4 nitrogen and oxygen atoms in total. The van der Waals surface area contributed by atoms with Crippen LogP contribution in [-0.2, 0) is 17.5 Å². The van der Waals surface area contributed by atoms with Gasteiger partial charge in [-0.1, -0.05) is 6.58 Å². The minimum Gasteiger partial charge on any atom is -0.388 e. The van der Waals surface area contributed by atoms with Gasteiger partial charge < -0.3 is 10.0 Å². The number of halogens is 3. The van der Waals surface area contributed by atoms with E-state index in [2.05, 4.69) is 11.6 Å². The monoisotopic (exact) mass is 356 g/mol. The van der Waals surface area contributed by atoms with Crippen molar-refractivity contribution >= 4 is 22.9 Å². The highest BCUT2D eigenvalue weighted by Crippen LogP contribution is 2.31. The molecule has 1 amide bonds. The lowest BCUT2D eigenvalue weighted by Crippen LogP contribution is -2.28. The summed E-state index contributed by atoms with van der Waals surface area (Å²) in [7, 11) is 0. The summed E-state index contributed by atoms with van der Waals surface area (Å²) in [6.07, 6.45) is -2.52. The number of aromatic nitrogens is 1. The Labute approximate surface area is 140 Å². The van der Waals surface area contributed by atoms with Crippen molar-refractivity contribution in [1.82, 2.24) is 4.98 Å². The van der Waals surface area contributed by atoms with E-state index in [0.29, 0.717) is 15.6 Å². The fourth-order valence-corrected chi connectivity index (χ4v) is 2.81. The molecule has 0 aliphatic heterocycles. The maximum atomic E-state index is 12.6. The number of nitrogens with zero attached hydrogens (tertiary/aromatic N) is 2. The molecule has 0 saturated heterocycles. The third-order valence-electron chi connectivity index (χ3n) is 3.22. The fraction of sp³-hybridized carbons (Fsp3) is 0.250. The van der Waals surface area contributed by atoms with Gasteiger partial charge in [-0.15, -0.1) is 11.3 Å². The van der Waals surface area contributed by atoms with Gasteiger partial charge >= 0.3 is 6.18 Å². The highest BCUT2D eigenvalue weighted by atomic mass is 32.1. The Hall–Kier alpha value is -2.19. The van der Waals surface area contributed by atoms with Crippen molar-refractivity contribution in [1.29, 1.82) is 0 Å². The van der Waals surface area contributed by atoms with Crippen molar-refractivity contribution in [3.8, 4) is 0 Å². The molecule has 1 aromatic heterocycles. The first-order chi connectivity index (χ1) is 11.2. The lowest BCUT2D eigenvalue weighted by Gasteiger charge is -2.20. The number of benzene rings is 1. The van der Waals surface area contributed by atoms with Crippen LogP contribution in [0.5, 0.6) is 0 Å². The Morgan fingerprint density at radius 1 is 1.42 bits per heavy atom. The molecular formula is C16H15F3N2O2S. The Bertz CT molecular complexity index is 724. The first-order valence-corrected chi connectivity index (χ1v) is 7.78. The summed E-state index contributed by atoms with van der Waals surface area (Å²) in [5, 5.41) is 10.1. The number of hydrogen-bond acceptors (Lipinski definition) is 4. The van der Waals surface area contributed by atoms with Crippen LogP contribution in [0.3, 0.4) is 0 Å². The summed E-state index contributed by atoms with van der Waals surface area (Å²) >= 11 is 1.23. The van der Waals surface area contributed by atoms with Crippen LogP contribution in [-0.4, -0.2) is 16.0 Å². The number of thiazole rings is 1. The molecule has 1 aromatic carbocycles. The first-order valence-electron chi connectivity index (χ1n) is 6.96. The summed E-state index contributed by atoms with van der Waals surface area (Å²) < 4.78 is 37.9. The third-order valence-corrected chi connectivity index (χ3v) is 4.38. The van der Waals surface area contributed by atoms with Crippen molar-refractivity contribution in [2.45, 2.75) is 25.7 Å². The Morgan fingerprint density at radius 2 is 2.04 bits per heavy atom.